The molecular weight excluding hydrogens is 184 g/mol. The third-order valence-electron chi connectivity index (χ3n) is 1.75. The number of nitrogens with two attached hydrogens (primary N) is 1. The molecule has 0 atom stereocenters. The van der Waals surface area contributed by atoms with Crippen LogP contribution in [0.5, 0.6) is 0 Å². The Morgan fingerprint density at radius 3 is 2.31 bits per heavy atom. The molecule has 2 N–H and O–H groups in total. The van der Waals surface area contributed by atoms with Gasteiger partial charge in [-0.25, -0.2) is 0 Å². The molecule has 0 bridgehead atoms. The third-order valence-corrected chi connectivity index (χ3v) is 1.75. The highest BCUT2D eigenvalue weighted by atomic mass is 35.5. The van der Waals surface area contributed by atoms with Crippen LogP contribution in [0, 0.1) is 11.3 Å². The minimum atomic E-state index is 0. The quantitative estimate of drug-likeness (QED) is 0.803. The first-order valence-electron chi connectivity index (χ1n) is 4.06. The number of nitrogens with zero attached hydrogens (tertiary/aromatic N) is 1. The lowest BCUT2D eigenvalue weighted by Crippen LogP contribution is -2.00. The molecular formula is C10H13ClN2. The Morgan fingerprint density at radius 2 is 1.85 bits per heavy atom. The summed E-state index contributed by atoms with van der Waals surface area (Å²) < 4.78 is 0. The predicted octanol–water partition coefficient (Wildman–Crippen LogP) is 1.87. The number of nitriles is 1. The summed E-state index contributed by atoms with van der Waals surface area (Å²) in [6.07, 6.45) is 2.01. The van der Waals surface area contributed by atoms with Crippen LogP contribution < -0.4 is 5.73 Å². The average molecular weight is 197 g/mol. The Balaban J connectivity index is 0.00000144. The van der Waals surface area contributed by atoms with Crippen LogP contribution >= 0.6 is 12.4 Å². The van der Waals surface area contributed by atoms with Gasteiger partial charge >= 0.3 is 0 Å². The Kier molecular flexibility index (Phi) is 5.96. The van der Waals surface area contributed by atoms with Gasteiger partial charge in [-0.2, -0.15) is 5.26 Å². The van der Waals surface area contributed by atoms with Crippen LogP contribution in [0.25, 0.3) is 0 Å². The second-order valence-corrected chi connectivity index (χ2v) is 2.70. The Morgan fingerprint density at radius 1 is 1.23 bits per heavy atom. The Labute approximate surface area is 84.8 Å². The normalized spacial score (nSPS) is 8.62. The molecule has 0 saturated heterocycles. The number of benzene rings is 1. The summed E-state index contributed by atoms with van der Waals surface area (Å²) >= 11 is 0. The van der Waals surface area contributed by atoms with Gasteiger partial charge in [0.15, 0.2) is 0 Å². The van der Waals surface area contributed by atoms with Crippen LogP contribution in [0.4, 0.5) is 0 Å². The maximum absolute atomic E-state index is 8.53. The first-order valence-corrected chi connectivity index (χ1v) is 4.06. The van der Waals surface area contributed by atoms with Gasteiger partial charge in [0.2, 0.25) is 0 Å². The van der Waals surface area contributed by atoms with Gasteiger partial charge in [0.1, 0.15) is 0 Å². The zero-order chi connectivity index (χ0) is 8.81. The van der Waals surface area contributed by atoms with Gasteiger partial charge in [-0.15, -0.1) is 12.4 Å². The van der Waals surface area contributed by atoms with Gasteiger partial charge in [-0.3, -0.25) is 0 Å². The Bertz CT molecular complexity index is 274. The van der Waals surface area contributed by atoms with Gasteiger partial charge in [0, 0.05) is 0 Å². The van der Waals surface area contributed by atoms with Crippen molar-refractivity contribution in [1.82, 2.24) is 0 Å². The lowest BCUT2D eigenvalue weighted by atomic mass is 10.1. The molecule has 0 aliphatic heterocycles. The highest BCUT2D eigenvalue weighted by molar-refractivity contribution is 5.85. The van der Waals surface area contributed by atoms with Crippen molar-refractivity contribution in [3.05, 3.63) is 35.4 Å². The van der Waals surface area contributed by atoms with Gasteiger partial charge in [0.25, 0.3) is 0 Å². The molecule has 0 heterocycles. The predicted molar refractivity (Wildman–Crippen MR) is 55.8 cm³/mol. The molecule has 0 radical (unpaired) electrons. The Hall–Kier alpha value is -1.04. The molecule has 0 amide bonds. The van der Waals surface area contributed by atoms with Gasteiger partial charge in [-0.1, -0.05) is 12.1 Å². The van der Waals surface area contributed by atoms with E-state index < -0.39 is 0 Å². The van der Waals surface area contributed by atoms with Crippen LogP contribution in [-0.2, 0) is 6.42 Å². The van der Waals surface area contributed by atoms with E-state index in [1.54, 1.807) is 0 Å². The van der Waals surface area contributed by atoms with Crippen molar-refractivity contribution in [2.24, 2.45) is 5.73 Å². The lowest BCUT2D eigenvalue weighted by molar-refractivity contribution is 0.832. The fourth-order valence-corrected chi connectivity index (χ4v) is 1.05. The molecule has 0 spiro atoms. The van der Waals surface area contributed by atoms with E-state index in [0.29, 0.717) is 5.56 Å². The highest BCUT2D eigenvalue weighted by Crippen LogP contribution is 2.04. The number of aryl methyl sites for hydroxylation is 1. The maximum Gasteiger partial charge on any atom is 0.0991 e. The van der Waals surface area contributed by atoms with Crippen molar-refractivity contribution in [3.8, 4) is 6.07 Å². The highest BCUT2D eigenvalue weighted by Gasteiger charge is 1.92. The van der Waals surface area contributed by atoms with E-state index in [2.05, 4.69) is 6.07 Å². The van der Waals surface area contributed by atoms with Crippen molar-refractivity contribution in [2.75, 3.05) is 6.54 Å². The molecule has 13 heavy (non-hydrogen) atoms. The van der Waals surface area contributed by atoms with E-state index in [4.69, 9.17) is 11.0 Å². The van der Waals surface area contributed by atoms with E-state index in [-0.39, 0.29) is 12.4 Å². The molecule has 1 rings (SSSR count). The van der Waals surface area contributed by atoms with Crippen molar-refractivity contribution < 1.29 is 0 Å². The topological polar surface area (TPSA) is 49.8 Å². The van der Waals surface area contributed by atoms with E-state index >= 15 is 0 Å². The average Bonchev–Trinajstić information content (AvgIpc) is 2.15. The SMILES string of the molecule is Cl.N#Cc1ccc(CCCN)cc1. The van der Waals surface area contributed by atoms with E-state index in [1.807, 2.05) is 24.3 Å². The first kappa shape index (κ1) is 12.0. The zero-order valence-electron chi connectivity index (χ0n) is 7.36. The molecule has 70 valence electrons. The fraction of sp³-hybridized carbons (Fsp3) is 0.300. The summed E-state index contributed by atoms with van der Waals surface area (Å²) in [5.41, 5.74) is 7.34. The molecule has 1 aromatic rings. The third kappa shape index (κ3) is 3.93. The summed E-state index contributed by atoms with van der Waals surface area (Å²) in [6, 6.07) is 9.72. The maximum atomic E-state index is 8.53. The van der Waals surface area contributed by atoms with Crippen molar-refractivity contribution >= 4 is 12.4 Å². The molecule has 0 aromatic heterocycles. The number of hydrogen-bond donors (Lipinski definition) is 1. The summed E-state index contributed by atoms with van der Waals surface area (Å²) in [5, 5.41) is 8.53. The minimum absolute atomic E-state index is 0. The van der Waals surface area contributed by atoms with Crippen LogP contribution in [0.15, 0.2) is 24.3 Å². The van der Waals surface area contributed by atoms with Gasteiger partial charge in [0.05, 0.1) is 11.6 Å². The zero-order valence-corrected chi connectivity index (χ0v) is 8.18. The molecule has 3 heteroatoms. The largest absolute Gasteiger partial charge is 0.330 e. The van der Waals surface area contributed by atoms with Crippen LogP contribution in [-0.4, -0.2) is 6.54 Å². The molecule has 2 nitrogen and oxygen atoms in total. The summed E-state index contributed by atoms with van der Waals surface area (Å²) in [7, 11) is 0. The van der Waals surface area contributed by atoms with E-state index in [0.717, 1.165) is 19.4 Å². The second kappa shape index (κ2) is 6.47. The van der Waals surface area contributed by atoms with Crippen molar-refractivity contribution in [3.63, 3.8) is 0 Å². The fourth-order valence-electron chi connectivity index (χ4n) is 1.05. The van der Waals surface area contributed by atoms with Crippen molar-refractivity contribution in [1.29, 1.82) is 5.26 Å². The number of hydrogen-bond acceptors (Lipinski definition) is 2. The van der Waals surface area contributed by atoms with Crippen LogP contribution in [0.3, 0.4) is 0 Å². The van der Waals surface area contributed by atoms with E-state index in [1.165, 1.54) is 5.56 Å². The molecule has 0 aliphatic carbocycles. The van der Waals surface area contributed by atoms with Gasteiger partial charge in [-0.05, 0) is 37.1 Å². The molecule has 0 unspecified atom stereocenters. The number of rotatable bonds is 3. The summed E-state index contributed by atoms with van der Waals surface area (Å²) in [6.45, 7) is 0.722. The second-order valence-electron chi connectivity index (χ2n) is 2.70. The first-order chi connectivity index (χ1) is 5.86. The molecule has 0 saturated carbocycles. The minimum Gasteiger partial charge on any atom is -0.330 e. The molecule has 1 aromatic carbocycles. The monoisotopic (exact) mass is 196 g/mol. The standard InChI is InChI=1S/C10H12N2.ClH/c11-7-1-2-9-3-5-10(8-12)6-4-9;/h3-6H,1-2,7,11H2;1H. The van der Waals surface area contributed by atoms with Crippen LogP contribution in [0.1, 0.15) is 17.5 Å². The van der Waals surface area contributed by atoms with Crippen LogP contribution in [0.2, 0.25) is 0 Å². The molecule has 0 fully saturated rings. The van der Waals surface area contributed by atoms with E-state index in [9.17, 15) is 0 Å². The lowest BCUT2D eigenvalue weighted by Gasteiger charge is -1.98. The number of halogens is 1. The summed E-state index contributed by atoms with van der Waals surface area (Å²) in [5.74, 6) is 0. The van der Waals surface area contributed by atoms with Gasteiger partial charge < -0.3 is 5.73 Å². The summed E-state index contributed by atoms with van der Waals surface area (Å²) in [4.78, 5) is 0. The molecule has 0 aliphatic rings. The van der Waals surface area contributed by atoms with Crippen molar-refractivity contribution in [2.45, 2.75) is 12.8 Å². The smallest absolute Gasteiger partial charge is 0.0991 e.